The van der Waals surface area contributed by atoms with Crippen LogP contribution in [0.2, 0.25) is 5.02 Å². The van der Waals surface area contributed by atoms with Crippen LogP contribution >= 0.6 is 21.9 Å². The van der Waals surface area contributed by atoms with Gasteiger partial charge in [0.15, 0.2) is 5.02 Å². The maximum absolute atomic E-state index is 11.3. The second-order valence-electron chi connectivity index (χ2n) is 6.80. The molecule has 142 valence electrons. The second kappa shape index (κ2) is 8.25. The number of benzene rings is 1. The maximum Gasteiger partial charge on any atom is 0.292 e. The highest BCUT2D eigenvalue weighted by atomic mass is 35.5. The molecule has 1 rings (SSSR count). The summed E-state index contributed by atoms with van der Waals surface area (Å²) in [5, 5.41) is 10.9. The Kier molecular flexibility index (Phi) is 7.10. The van der Waals surface area contributed by atoms with E-state index in [1.165, 1.54) is 6.07 Å². The first-order valence-corrected chi connectivity index (χ1v) is 10.4. The molecule has 0 spiro atoms. The van der Waals surface area contributed by atoms with E-state index in [1.807, 2.05) is 0 Å². The molecular weight excluding hydrogens is 368 g/mol. The summed E-state index contributed by atoms with van der Waals surface area (Å²) < 4.78 is 11.5. The molecule has 1 aromatic carbocycles. The van der Waals surface area contributed by atoms with Crippen LogP contribution in [0.25, 0.3) is 0 Å². The van der Waals surface area contributed by atoms with E-state index in [-0.39, 0.29) is 27.7 Å². The Labute approximate surface area is 154 Å². The molecule has 7 nitrogen and oxygen atoms in total. The van der Waals surface area contributed by atoms with E-state index in [2.05, 4.69) is 33.3 Å². The van der Waals surface area contributed by atoms with Crippen molar-refractivity contribution >= 4 is 33.5 Å². The lowest BCUT2D eigenvalue weighted by atomic mass is 10.2. The van der Waals surface area contributed by atoms with Crippen LogP contribution in [-0.2, 0) is 4.18 Å². The highest BCUT2D eigenvalue weighted by Gasteiger charge is 2.28. The Hall–Kier alpha value is -1.51. The van der Waals surface area contributed by atoms with Crippen LogP contribution in [-0.4, -0.2) is 41.3 Å². The quantitative estimate of drug-likeness (QED) is 0.410. The predicted octanol–water partition coefficient (Wildman–Crippen LogP) is 3.91. The Balaban J connectivity index is 2.72. The largest absolute Gasteiger partial charge is 0.492 e. The summed E-state index contributed by atoms with van der Waals surface area (Å²) in [6, 6.07) is 2.35. The van der Waals surface area contributed by atoms with E-state index >= 15 is 0 Å². The van der Waals surface area contributed by atoms with Gasteiger partial charge in [-0.05, 0) is 18.6 Å². The van der Waals surface area contributed by atoms with Gasteiger partial charge in [0.1, 0.15) is 5.75 Å². The molecule has 0 unspecified atom stereocenters. The van der Waals surface area contributed by atoms with E-state index in [0.717, 1.165) is 6.07 Å². The molecular formula is C16H25ClN2O5S. The third-order valence-corrected chi connectivity index (χ3v) is 7.99. The van der Waals surface area contributed by atoms with E-state index in [9.17, 15) is 14.9 Å². The molecule has 1 aromatic rings. The van der Waals surface area contributed by atoms with E-state index in [1.54, 1.807) is 0 Å². The van der Waals surface area contributed by atoms with Gasteiger partial charge in [-0.25, -0.2) is 0 Å². The minimum atomic E-state index is -1.22. The van der Waals surface area contributed by atoms with Crippen LogP contribution in [0.5, 0.6) is 5.75 Å². The number of ether oxygens (including phenoxy) is 1. The molecule has 0 aliphatic rings. The van der Waals surface area contributed by atoms with Gasteiger partial charge < -0.3 is 14.7 Å². The first-order chi connectivity index (χ1) is 11.4. The summed E-state index contributed by atoms with van der Waals surface area (Å²) in [6.07, 6.45) is 4.78. The third kappa shape index (κ3) is 5.76. The minimum absolute atomic E-state index is 0.0272. The van der Waals surface area contributed by atoms with Gasteiger partial charge in [0.25, 0.3) is 5.69 Å². The van der Waals surface area contributed by atoms with Crippen molar-refractivity contribution in [1.29, 1.82) is 0 Å². The van der Waals surface area contributed by atoms with Crippen molar-refractivity contribution in [1.82, 2.24) is 0 Å². The molecule has 1 amide bonds. The summed E-state index contributed by atoms with van der Waals surface area (Å²) in [5.74, 6) is -0.726. The highest BCUT2D eigenvalue weighted by Crippen LogP contribution is 2.53. The van der Waals surface area contributed by atoms with E-state index < -0.39 is 26.8 Å². The fourth-order valence-corrected chi connectivity index (χ4v) is 2.77. The first kappa shape index (κ1) is 21.5. The van der Waals surface area contributed by atoms with Crippen molar-refractivity contribution in [2.24, 2.45) is 5.73 Å². The minimum Gasteiger partial charge on any atom is -0.492 e. The summed E-state index contributed by atoms with van der Waals surface area (Å²) >= 11 is 5.98. The van der Waals surface area contributed by atoms with Crippen LogP contribution in [0.3, 0.4) is 0 Å². The number of nitrogens with zero attached hydrogens (tertiary/aromatic N) is 1. The highest BCUT2D eigenvalue weighted by molar-refractivity contribution is 8.29. The van der Waals surface area contributed by atoms with Crippen LogP contribution in [0, 0.1) is 10.1 Å². The molecule has 0 bridgehead atoms. The van der Waals surface area contributed by atoms with Crippen LogP contribution in [0.1, 0.15) is 37.6 Å². The molecule has 0 atom stereocenters. The van der Waals surface area contributed by atoms with E-state index in [0.29, 0.717) is 13.0 Å². The molecule has 0 saturated carbocycles. The lowest BCUT2D eigenvalue weighted by Gasteiger charge is -2.43. The topological polar surface area (TPSA) is 105 Å². The Bertz CT molecular complexity index is 659. The molecule has 2 N–H and O–H groups in total. The van der Waals surface area contributed by atoms with Gasteiger partial charge in [0.2, 0.25) is 5.91 Å². The van der Waals surface area contributed by atoms with E-state index in [4.69, 9.17) is 26.3 Å². The van der Waals surface area contributed by atoms with Crippen molar-refractivity contribution in [2.45, 2.75) is 31.9 Å². The number of hydrogen-bond donors (Lipinski definition) is 1. The number of halogens is 1. The van der Waals surface area contributed by atoms with Crippen molar-refractivity contribution in [2.75, 3.05) is 25.7 Å². The number of hydrogen-bond acceptors (Lipinski definition) is 5. The molecule has 0 aliphatic heterocycles. The summed E-state index contributed by atoms with van der Waals surface area (Å²) in [4.78, 5) is 21.6. The molecule has 0 radical (unpaired) electrons. The molecule has 25 heavy (non-hydrogen) atoms. The van der Waals surface area contributed by atoms with Gasteiger partial charge >= 0.3 is 0 Å². The zero-order valence-corrected chi connectivity index (χ0v) is 16.7. The maximum atomic E-state index is 11.3. The fraction of sp³-hybridized carbons (Fsp3) is 0.562. The second-order valence-corrected chi connectivity index (χ2v) is 11.1. The fourth-order valence-electron chi connectivity index (χ4n) is 1.65. The van der Waals surface area contributed by atoms with Crippen LogP contribution in [0.15, 0.2) is 12.1 Å². The molecule has 0 aliphatic carbocycles. The monoisotopic (exact) mass is 392 g/mol. The number of primary amides is 1. The number of carbonyl (C=O) groups is 1. The van der Waals surface area contributed by atoms with Crippen LogP contribution in [0.4, 0.5) is 5.69 Å². The van der Waals surface area contributed by atoms with Gasteiger partial charge in [0, 0.05) is 22.8 Å². The zero-order valence-electron chi connectivity index (χ0n) is 15.1. The standard InChI is InChI=1S/C16H25ClN2O5S/c1-16(2,3)25(4,5)24-8-6-7-23-13-10-11(15(18)20)9-12(14(13)17)19(21)22/h9-10H,6-8H2,1-5H3,(H2,18,20). The number of amides is 1. The predicted molar refractivity (Wildman–Crippen MR) is 102 cm³/mol. The van der Waals surface area contributed by atoms with Gasteiger partial charge in [-0.1, -0.05) is 32.4 Å². The average Bonchev–Trinajstić information content (AvgIpc) is 2.46. The molecule has 0 fully saturated rings. The normalized spacial score (nSPS) is 12.7. The summed E-state index contributed by atoms with van der Waals surface area (Å²) in [7, 11) is -1.22. The zero-order chi connectivity index (χ0) is 19.4. The van der Waals surface area contributed by atoms with Crippen molar-refractivity contribution < 1.29 is 18.6 Å². The SMILES string of the molecule is CC(C)(C)S(C)(C)OCCCOc1cc(C(N)=O)cc([N+](=O)[O-])c1Cl. The number of rotatable bonds is 8. The Morgan fingerprint density at radius 1 is 1.32 bits per heavy atom. The molecule has 0 saturated heterocycles. The Morgan fingerprint density at radius 2 is 1.92 bits per heavy atom. The number of carbonyl (C=O) groups excluding carboxylic acids is 1. The average molecular weight is 393 g/mol. The lowest BCUT2D eigenvalue weighted by Crippen LogP contribution is -2.25. The van der Waals surface area contributed by atoms with Gasteiger partial charge in [-0.3, -0.25) is 14.9 Å². The van der Waals surface area contributed by atoms with Crippen molar-refractivity contribution in [3.05, 3.63) is 32.8 Å². The number of nitro benzene ring substituents is 1. The van der Waals surface area contributed by atoms with Crippen molar-refractivity contribution in [3.63, 3.8) is 0 Å². The van der Waals surface area contributed by atoms with Crippen LogP contribution < -0.4 is 10.5 Å². The number of nitrogens with two attached hydrogens (primary N) is 1. The molecule has 9 heteroatoms. The third-order valence-electron chi connectivity index (χ3n) is 3.90. The smallest absolute Gasteiger partial charge is 0.292 e. The Morgan fingerprint density at radius 3 is 2.40 bits per heavy atom. The lowest BCUT2D eigenvalue weighted by molar-refractivity contribution is -0.384. The summed E-state index contributed by atoms with van der Waals surface area (Å²) in [5.41, 5.74) is 4.75. The van der Waals surface area contributed by atoms with Gasteiger partial charge in [0.05, 0.1) is 18.1 Å². The van der Waals surface area contributed by atoms with Gasteiger partial charge in [-0.15, -0.1) is 10.3 Å². The first-order valence-electron chi connectivity index (χ1n) is 7.64. The molecule has 0 aromatic heterocycles. The number of nitro groups is 1. The van der Waals surface area contributed by atoms with Crippen molar-refractivity contribution in [3.8, 4) is 5.75 Å². The van der Waals surface area contributed by atoms with Gasteiger partial charge in [-0.2, -0.15) is 0 Å². The summed E-state index contributed by atoms with van der Waals surface area (Å²) in [6.45, 7) is 7.14. The molecule has 0 heterocycles.